The average molecular weight is 848 g/mol. The van der Waals surface area contributed by atoms with Gasteiger partial charge in [-0.15, -0.1) is 0 Å². The number of aliphatic hydroxyl groups is 1. The lowest BCUT2D eigenvalue weighted by molar-refractivity contribution is -0.870. The molecule has 3 unspecified atom stereocenters. The number of carbonyl (C=O) groups excluding carboxylic acids is 1. The van der Waals surface area contributed by atoms with E-state index in [4.69, 9.17) is 9.05 Å². The molecule has 0 aliphatic rings. The second-order valence-corrected chi connectivity index (χ2v) is 18.5. The van der Waals surface area contributed by atoms with Crippen molar-refractivity contribution in [3.05, 3.63) is 72.9 Å². The number of hydrogen-bond acceptors (Lipinski definition) is 5. The molecule has 0 aromatic carbocycles. The highest BCUT2D eigenvalue weighted by atomic mass is 31.2. The smallest absolute Gasteiger partial charge is 0.387 e. The van der Waals surface area contributed by atoms with Gasteiger partial charge in [0.05, 0.1) is 39.9 Å². The van der Waals surface area contributed by atoms with E-state index >= 15 is 0 Å². The molecule has 0 saturated carbocycles. The van der Waals surface area contributed by atoms with Gasteiger partial charge in [0.2, 0.25) is 5.91 Å². The molecule has 0 aliphatic heterocycles. The van der Waals surface area contributed by atoms with Gasteiger partial charge >= 0.3 is 7.82 Å². The van der Waals surface area contributed by atoms with Crippen LogP contribution in [0.3, 0.4) is 0 Å². The molecule has 0 aliphatic carbocycles. The second-order valence-electron chi connectivity index (χ2n) is 17.1. The highest BCUT2D eigenvalue weighted by Gasteiger charge is 2.27. The molecule has 0 fully saturated rings. The number of carbonyl (C=O) groups is 1. The monoisotopic (exact) mass is 848 g/mol. The fourth-order valence-electron chi connectivity index (χ4n) is 6.38. The van der Waals surface area contributed by atoms with Crippen LogP contribution in [0.15, 0.2) is 72.9 Å². The van der Waals surface area contributed by atoms with Gasteiger partial charge in [-0.2, -0.15) is 0 Å². The molecule has 0 heterocycles. The lowest BCUT2D eigenvalue weighted by atomic mass is 10.0. The molecule has 0 bridgehead atoms. The summed E-state index contributed by atoms with van der Waals surface area (Å²) in [7, 11) is 1.51. The van der Waals surface area contributed by atoms with Crippen molar-refractivity contribution in [1.82, 2.24) is 5.32 Å². The molecule has 0 saturated heterocycles. The van der Waals surface area contributed by atoms with Crippen molar-refractivity contribution in [2.45, 2.75) is 199 Å². The largest absolute Gasteiger partial charge is 0.472 e. The van der Waals surface area contributed by atoms with Gasteiger partial charge in [0, 0.05) is 6.42 Å². The van der Waals surface area contributed by atoms with Crippen LogP contribution in [-0.2, 0) is 18.4 Å². The fourth-order valence-corrected chi connectivity index (χ4v) is 7.12. The number of aliphatic hydroxyl groups excluding tert-OH is 1. The molecule has 8 nitrogen and oxygen atoms in total. The third-order valence-corrected chi connectivity index (χ3v) is 11.1. The molecule has 1 amide bonds. The summed E-state index contributed by atoms with van der Waals surface area (Å²) < 4.78 is 23.5. The summed E-state index contributed by atoms with van der Waals surface area (Å²) >= 11 is 0. The lowest BCUT2D eigenvalue weighted by Crippen LogP contribution is -2.45. The lowest BCUT2D eigenvalue weighted by Gasteiger charge is -2.25. The molecule has 3 N–H and O–H groups in total. The van der Waals surface area contributed by atoms with Crippen LogP contribution in [-0.4, -0.2) is 73.4 Å². The standard InChI is InChI=1S/C50H91N2O6P/c1-6-8-10-12-14-16-18-20-21-22-23-24-25-26-27-28-29-30-32-33-35-37-39-41-43-49(53)48(47-58-59(55,56)57-46-45-52(3,4)5)51-50(54)44-42-40-38-36-34-31-19-17-15-13-11-9-7-2/h9,11,15,17,28-29,31,33-35,41,43,48-49,53H,6-8,10,12-14,16,18-27,30,32,36-40,42,44-47H2,1-5H3,(H-,51,54,55,56)/p+1/b11-9-,17-15-,29-28+,34-31-,35-33+,43-41+. The number of nitrogens with one attached hydrogen (secondary N) is 1. The van der Waals surface area contributed by atoms with Gasteiger partial charge in [-0.05, 0) is 77.0 Å². The minimum atomic E-state index is -4.36. The molecule has 342 valence electrons. The number of quaternary nitrogens is 1. The van der Waals surface area contributed by atoms with Crippen LogP contribution in [0.2, 0.25) is 0 Å². The summed E-state index contributed by atoms with van der Waals surface area (Å²) in [6.45, 7) is 4.63. The van der Waals surface area contributed by atoms with E-state index in [1.165, 1.54) is 96.3 Å². The number of likely N-dealkylation sites (N-methyl/N-ethyl adjacent to an activating group) is 1. The predicted octanol–water partition coefficient (Wildman–Crippen LogP) is 13.6. The Morgan fingerprint density at radius 2 is 1.03 bits per heavy atom. The van der Waals surface area contributed by atoms with Gasteiger partial charge in [-0.1, -0.05) is 177 Å². The average Bonchev–Trinajstić information content (AvgIpc) is 3.19. The Bertz CT molecular complexity index is 1190. The van der Waals surface area contributed by atoms with E-state index in [2.05, 4.69) is 79.9 Å². The Kier molecular flexibility index (Phi) is 39.9. The van der Waals surface area contributed by atoms with E-state index in [1.807, 2.05) is 27.2 Å². The van der Waals surface area contributed by atoms with Crippen LogP contribution in [0, 0.1) is 0 Å². The van der Waals surface area contributed by atoms with E-state index in [9.17, 15) is 19.4 Å². The number of allylic oxidation sites excluding steroid dienone is 11. The van der Waals surface area contributed by atoms with Crippen LogP contribution < -0.4 is 5.32 Å². The normalized spacial score (nSPS) is 14.9. The summed E-state index contributed by atoms with van der Waals surface area (Å²) in [5.41, 5.74) is 0. The minimum Gasteiger partial charge on any atom is -0.387 e. The Balaban J connectivity index is 4.43. The molecule has 0 radical (unpaired) electrons. The van der Waals surface area contributed by atoms with Crippen LogP contribution >= 0.6 is 7.82 Å². The summed E-state index contributed by atoms with van der Waals surface area (Å²) in [5.74, 6) is -0.223. The zero-order chi connectivity index (χ0) is 43.6. The molecule has 0 aromatic rings. The number of amides is 1. The zero-order valence-electron chi connectivity index (χ0n) is 38.7. The maximum absolute atomic E-state index is 12.8. The van der Waals surface area contributed by atoms with Crippen LogP contribution in [0.25, 0.3) is 0 Å². The van der Waals surface area contributed by atoms with Crippen molar-refractivity contribution in [2.24, 2.45) is 0 Å². The molecular weight excluding hydrogens is 756 g/mol. The summed E-state index contributed by atoms with van der Waals surface area (Å²) in [6, 6.07) is -0.887. The SMILES string of the molecule is CC/C=C\C/C=C\C/C=C\CCCCCC(=O)NC(COP(=O)(O)OCC[N+](C)(C)C)C(O)/C=C/CC/C=C/CC/C=C/CCCCCCCCCCCCCCCC. The van der Waals surface area contributed by atoms with Crippen molar-refractivity contribution in [2.75, 3.05) is 40.9 Å². The highest BCUT2D eigenvalue weighted by molar-refractivity contribution is 7.47. The third-order valence-electron chi connectivity index (χ3n) is 10.1. The summed E-state index contributed by atoms with van der Waals surface area (Å²) in [5, 5.41) is 13.8. The number of phosphoric acid groups is 1. The van der Waals surface area contributed by atoms with Gasteiger partial charge < -0.3 is 19.8 Å². The third kappa shape index (κ3) is 43.8. The maximum Gasteiger partial charge on any atom is 0.472 e. The molecule has 9 heteroatoms. The van der Waals surface area contributed by atoms with Crippen molar-refractivity contribution >= 4 is 13.7 Å². The van der Waals surface area contributed by atoms with E-state index in [-0.39, 0.29) is 19.1 Å². The van der Waals surface area contributed by atoms with Crippen LogP contribution in [0.1, 0.15) is 187 Å². The van der Waals surface area contributed by atoms with E-state index < -0.39 is 20.0 Å². The quantitative estimate of drug-likeness (QED) is 0.0245. The minimum absolute atomic E-state index is 0.0443. The summed E-state index contributed by atoms with van der Waals surface area (Å²) in [4.78, 5) is 23.1. The van der Waals surface area contributed by atoms with Crippen LogP contribution in [0.4, 0.5) is 0 Å². The first-order valence-corrected chi connectivity index (χ1v) is 25.3. The highest BCUT2D eigenvalue weighted by Crippen LogP contribution is 2.43. The molecule has 0 aromatic heterocycles. The zero-order valence-corrected chi connectivity index (χ0v) is 39.6. The van der Waals surface area contributed by atoms with Crippen molar-refractivity contribution in [1.29, 1.82) is 0 Å². The Morgan fingerprint density at radius 1 is 0.593 bits per heavy atom. The number of unbranched alkanes of at least 4 members (excludes halogenated alkanes) is 19. The summed E-state index contributed by atoms with van der Waals surface area (Å²) in [6.07, 6.45) is 55.7. The second kappa shape index (κ2) is 41.3. The Hall–Kier alpha value is -2.06. The number of hydrogen-bond donors (Lipinski definition) is 3. The first-order valence-electron chi connectivity index (χ1n) is 23.8. The predicted molar refractivity (Wildman–Crippen MR) is 253 cm³/mol. The van der Waals surface area contributed by atoms with Gasteiger partial charge in [-0.25, -0.2) is 4.57 Å². The first kappa shape index (κ1) is 56.9. The number of nitrogens with zero attached hydrogens (tertiary/aromatic N) is 1. The van der Waals surface area contributed by atoms with Gasteiger partial charge in [0.25, 0.3) is 0 Å². The molecule has 0 rings (SSSR count). The van der Waals surface area contributed by atoms with Crippen molar-refractivity contribution in [3.63, 3.8) is 0 Å². The van der Waals surface area contributed by atoms with E-state index in [0.717, 1.165) is 70.6 Å². The van der Waals surface area contributed by atoms with E-state index in [0.29, 0.717) is 17.4 Å². The fraction of sp³-hybridized carbons (Fsp3) is 0.740. The topological polar surface area (TPSA) is 105 Å². The molecule has 3 atom stereocenters. The van der Waals surface area contributed by atoms with Gasteiger partial charge in [0.15, 0.2) is 0 Å². The van der Waals surface area contributed by atoms with Gasteiger partial charge in [0.1, 0.15) is 13.2 Å². The first-order chi connectivity index (χ1) is 28.5. The maximum atomic E-state index is 12.8. The molecular formula is C50H92N2O6P+. The van der Waals surface area contributed by atoms with Crippen LogP contribution in [0.5, 0.6) is 0 Å². The Labute approximate surface area is 364 Å². The molecule has 0 spiro atoms. The number of rotatable bonds is 42. The van der Waals surface area contributed by atoms with Crippen molar-refractivity contribution < 1.29 is 32.9 Å². The van der Waals surface area contributed by atoms with Gasteiger partial charge in [-0.3, -0.25) is 13.8 Å². The van der Waals surface area contributed by atoms with E-state index in [1.54, 1.807) is 6.08 Å². The van der Waals surface area contributed by atoms with Crippen molar-refractivity contribution in [3.8, 4) is 0 Å². The number of phosphoric ester groups is 1. The Morgan fingerprint density at radius 3 is 1.56 bits per heavy atom. The molecule has 59 heavy (non-hydrogen) atoms.